The minimum atomic E-state index is 0.406. The van der Waals surface area contributed by atoms with Crippen LogP contribution in [0.1, 0.15) is 45.0 Å². The predicted molar refractivity (Wildman–Crippen MR) is 76.9 cm³/mol. The van der Waals surface area contributed by atoms with Crippen molar-refractivity contribution in [2.75, 3.05) is 25.0 Å². The van der Waals surface area contributed by atoms with Crippen LogP contribution >= 0.6 is 11.3 Å². The predicted octanol–water partition coefficient (Wildman–Crippen LogP) is 3.30. The van der Waals surface area contributed by atoms with Crippen LogP contribution in [0.25, 0.3) is 0 Å². The smallest absolute Gasteiger partial charge is 0.185 e. The number of nitrogens with one attached hydrogen (secondary N) is 1. The van der Waals surface area contributed by atoms with Gasteiger partial charge in [-0.3, -0.25) is 0 Å². The van der Waals surface area contributed by atoms with Gasteiger partial charge in [0.2, 0.25) is 0 Å². The zero-order valence-electron chi connectivity index (χ0n) is 11.7. The van der Waals surface area contributed by atoms with Gasteiger partial charge in [-0.1, -0.05) is 27.2 Å². The maximum Gasteiger partial charge on any atom is 0.185 e. The molecule has 1 aromatic rings. The summed E-state index contributed by atoms with van der Waals surface area (Å²) in [6.45, 7) is 10.9. The normalized spacial score (nSPS) is 14.6. The molecule has 3 nitrogen and oxygen atoms in total. The highest BCUT2D eigenvalue weighted by Crippen LogP contribution is 2.26. The monoisotopic (exact) mass is 255 g/mol. The van der Waals surface area contributed by atoms with E-state index in [1.807, 2.05) is 6.20 Å². The van der Waals surface area contributed by atoms with Crippen molar-refractivity contribution < 1.29 is 0 Å². The molecule has 98 valence electrons. The van der Waals surface area contributed by atoms with Crippen molar-refractivity contribution in [1.29, 1.82) is 0 Å². The van der Waals surface area contributed by atoms with Crippen LogP contribution in [0.2, 0.25) is 0 Å². The van der Waals surface area contributed by atoms with Gasteiger partial charge >= 0.3 is 0 Å². The second-order valence-electron chi connectivity index (χ2n) is 4.72. The number of aromatic nitrogens is 1. The number of nitrogens with zero attached hydrogens (tertiary/aromatic N) is 2. The second-order valence-corrected chi connectivity index (χ2v) is 5.76. The molecule has 0 aliphatic heterocycles. The number of hydrogen-bond donors (Lipinski definition) is 1. The zero-order chi connectivity index (χ0) is 12.8. The average molecular weight is 255 g/mol. The molecule has 1 aromatic heterocycles. The Morgan fingerprint density at radius 3 is 2.71 bits per heavy atom. The fourth-order valence-electron chi connectivity index (χ4n) is 1.74. The Kier molecular flexibility index (Phi) is 5.92. The summed E-state index contributed by atoms with van der Waals surface area (Å²) in [5.74, 6) is 0.721. The van der Waals surface area contributed by atoms with Gasteiger partial charge in [0, 0.05) is 30.7 Å². The van der Waals surface area contributed by atoms with Crippen molar-refractivity contribution in [1.82, 2.24) is 10.3 Å². The molecule has 2 atom stereocenters. The highest BCUT2D eigenvalue weighted by molar-refractivity contribution is 7.15. The van der Waals surface area contributed by atoms with Crippen molar-refractivity contribution in [2.24, 2.45) is 5.92 Å². The molecule has 0 saturated heterocycles. The van der Waals surface area contributed by atoms with Crippen LogP contribution in [0.4, 0.5) is 5.13 Å². The summed E-state index contributed by atoms with van der Waals surface area (Å²) >= 11 is 1.79. The highest BCUT2D eigenvalue weighted by Gasteiger charge is 2.12. The molecule has 0 aliphatic rings. The average Bonchev–Trinajstić information content (AvgIpc) is 2.78. The highest BCUT2D eigenvalue weighted by atomic mass is 32.1. The Bertz CT molecular complexity index is 324. The van der Waals surface area contributed by atoms with E-state index in [4.69, 9.17) is 0 Å². The van der Waals surface area contributed by atoms with Gasteiger partial charge in [-0.05, 0) is 19.4 Å². The lowest BCUT2D eigenvalue weighted by atomic mass is 10.1. The first-order chi connectivity index (χ1) is 8.08. The van der Waals surface area contributed by atoms with Gasteiger partial charge in [0.15, 0.2) is 5.13 Å². The molecule has 0 saturated carbocycles. The third kappa shape index (κ3) is 4.28. The SMILES string of the molecule is CCNC(C)c1cnc(N(C)CC(C)CC)s1. The van der Waals surface area contributed by atoms with E-state index in [2.05, 4.69) is 49.9 Å². The van der Waals surface area contributed by atoms with Gasteiger partial charge in [0.05, 0.1) is 0 Å². The summed E-state index contributed by atoms with van der Waals surface area (Å²) in [7, 11) is 2.13. The Balaban J connectivity index is 2.60. The van der Waals surface area contributed by atoms with Gasteiger partial charge in [-0.15, -0.1) is 11.3 Å². The molecule has 4 heteroatoms. The van der Waals surface area contributed by atoms with Crippen LogP contribution in [-0.2, 0) is 0 Å². The molecule has 17 heavy (non-hydrogen) atoms. The van der Waals surface area contributed by atoms with Gasteiger partial charge in [0.25, 0.3) is 0 Å². The van der Waals surface area contributed by atoms with Crippen LogP contribution in [0.3, 0.4) is 0 Å². The summed E-state index contributed by atoms with van der Waals surface area (Å²) in [5, 5.41) is 4.55. The van der Waals surface area contributed by atoms with E-state index in [0.29, 0.717) is 6.04 Å². The number of anilines is 1. The van der Waals surface area contributed by atoms with E-state index in [1.165, 1.54) is 11.3 Å². The summed E-state index contributed by atoms with van der Waals surface area (Å²) in [6, 6.07) is 0.406. The summed E-state index contributed by atoms with van der Waals surface area (Å²) in [6.07, 6.45) is 3.22. The van der Waals surface area contributed by atoms with Gasteiger partial charge in [0.1, 0.15) is 0 Å². The number of thiazole rings is 1. The van der Waals surface area contributed by atoms with E-state index in [-0.39, 0.29) is 0 Å². The lowest BCUT2D eigenvalue weighted by Gasteiger charge is -2.19. The number of hydrogen-bond acceptors (Lipinski definition) is 4. The summed E-state index contributed by atoms with van der Waals surface area (Å²) < 4.78 is 0. The molecule has 2 unspecified atom stereocenters. The minimum Gasteiger partial charge on any atom is -0.351 e. The van der Waals surface area contributed by atoms with Crippen molar-refractivity contribution in [3.05, 3.63) is 11.1 Å². The van der Waals surface area contributed by atoms with Gasteiger partial charge in [-0.2, -0.15) is 0 Å². The first-order valence-corrected chi connectivity index (χ1v) is 7.30. The zero-order valence-corrected chi connectivity index (χ0v) is 12.5. The lowest BCUT2D eigenvalue weighted by Crippen LogP contribution is -2.23. The van der Waals surface area contributed by atoms with E-state index in [0.717, 1.165) is 24.1 Å². The largest absolute Gasteiger partial charge is 0.351 e. The first-order valence-electron chi connectivity index (χ1n) is 6.48. The molecule has 0 radical (unpaired) electrons. The van der Waals surface area contributed by atoms with Gasteiger partial charge < -0.3 is 10.2 Å². The molecule has 1 heterocycles. The van der Waals surface area contributed by atoms with Gasteiger partial charge in [-0.25, -0.2) is 4.98 Å². The van der Waals surface area contributed by atoms with E-state index in [1.54, 1.807) is 11.3 Å². The maximum atomic E-state index is 4.51. The third-order valence-electron chi connectivity index (χ3n) is 3.06. The first kappa shape index (κ1) is 14.5. The van der Waals surface area contributed by atoms with E-state index < -0.39 is 0 Å². The Labute approximate surface area is 109 Å². The fraction of sp³-hybridized carbons (Fsp3) is 0.769. The molecular formula is C13H25N3S. The maximum absolute atomic E-state index is 4.51. The Morgan fingerprint density at radius 2 is 2.12 bits per heavy atom. The topological polar surface area (TPSA) is 28.2 Å². The second kappa shape index (κ2) is 6.97. The van der Waals surface area contributed by atoms with Crippen LogP contribution < -0.4 is 10.2 Å². The third-order valence-corrected chi connectivity index (χ3v) is 4.35. The molecule has 0 bridgehead atoms. The molecular weight excluding hydrogens is 230 g/mol. The van der Waals surface area contributed by atoms with Crippen molar-refractivity contribution in [2.45, 2.75) is 40.2 Å². The van der Waals surface area contributed by atoms with Crippen LogP contribution in [-0.4, -0.2) is 25.1 Å². The molecule has 1 rings (SSSR count). The molecule has 0 amide bonds. The minimum absolute atomic E-state index is 0.406. The standard InChI is InChI=1S/C13H25N3S/c1-6-10(3)9-16(5)13-15-8-12(17-13)11(4)14-7-2/h8,10-11,14H,6-7,9H2,1-5H3. The van der Waals surface area contributed by atoms with Crippen LogP contribution in [0, 0.1) is 5.92 Å². The molecule has 0 fully saturated rings. The molecule has 1 N–H and O–H groups in total. The molecule has 0 aliphatic carbocycles. The van der Waals surface area contributed by atoms with Crippen LogP contribution in [0.5, 0.6) is 0 Å². The van der Waals surface area contributed by atoms with E-state index in [9.17, 15) is 0 Å². The van der Waals surface area contributed by atoms with Crippen molar-refractivity contribution >= 4 is 16.5 Å². The van der Waals surface area contributed by atoms with Crippen molar-refractivity contribution in [3.8, 4) is 0 Å². The van der Waals surface area contributed by atoms with E-state index >= 15 is 0 Å². The molecule has 0 aromatic carbocycles. The Hall–Kier alpha value is -0.610. The fourth-order valence-corrected chi connectivity index (χ4v) is 2.65. The lowest BCUT2D eigenvalue weighted by molar-refractivity contribution is 0.559. The Morgan fingerprint density at radius 1 is 1.41 bits per heavy atom. The van der Waals surface area contributed by atoms with Crippen molar-refractivity contribution in [3.63, 3.8) is 0 Å². The summed E-state index contributed by atoms with van der Waals surface area (Å²) in [5.41, 5.74) is 0. The summed E-state index contributed by atoms with van der Waals surface area (Å²) in [4.78, 5) is 8.09. The number of rotatable bonds is 7. The quantitative estimate of drug-likeness (QED) is 0.810. The van der Waals surface area contributed by atoms with Crippen LogP contribution in [0.15, 0.2) is 6.20 Å². The molecule has 0 spiro atoms.